The first kappa shape index (κ1) is 34.0. The number of likely N-dealkylation sites (N-methyl/N-ethyl adjacent to an activating group) is 1. The van der Waals surface area contributed by atoms with Crippen LogP contribution in [0.2, 0.25) is 0 Å². The number of amides is 2. The summed E-state index contributed by atoms with van der Waals surface area (Å²) in [7, 11) is 1.92. The zero-order chi connectivity index (χ0) is 32.2. The highest BCUT2D eigenvalue weighted by Crippen LogP contribution is 2.38. The molecule has 11 heteroatoms. The average molecular weight is 622 g/mol. The summed E-state index contributed by atoms with van der Waals surface area (Å²) in [6.07, 6.45) is 0.224. The van der Waals surface area contributed by atoms with Crippen molar-refractivity contribution in [2.75, 3.05) is 20.1 Å². The van der Waals surface area contributed by atoms with Gasteiger partial charge in [-0.05, 0) is 54.3 Å². The van der Waals surface area contributed by atoms with Crippen molar-refractivity contribution in [1.82, 2.24) is 15.7 Å². The number of aliphatic hydroxyl groups excluding tert-OH is 2. The Morgan fingerprint density at radius 3 is 2.27 bits per heavy atom. The number of hydroxylamine groups is 1. The van der Waals surface area contributed by atoms with Crippen LogP contribution in [0, 0.1) is 0 Å². The lowest BCUT2D eigenvalue weighted by molar-refractivity contribution is -0.252. The largest absolute Gasteiger partial charge is 0.508 e. The molecule has 4 atom stereocenters. The van der Waals surface area contributed by atoms with Gasteiger partial charge in [-0.15, -0.1) is 0 Å². The monoisotopic (exact) mass is 621 g/mol. The van der Waals surface area contributed by atoms with E-state index < -0.39 is 18.3 Å². The zero-order valence-corrected chi connectivity index (χ0v) is 25.5. The van der Waals surface area contributed by atoms with Gasteiger partial charge in [-0.2, -0.15) is 0 Å². The number of hydrogen-bond donors (Lipinski definition) is 6. The van der Waals surface area contributed by atoms with Gasteiger partial charge in [0.25, 0.3) is 0 Å². The summed E-state index contributed by atoms with van der Waals surface area (Å²) in [5.41, 5.74) is 5.76. The van der Waals surface area contributed by atoms with Crippen molar-refractivity contribution in [3.05, 3.63) is 101 Å². The van der Waals surface area contributed by atoms with E-state index in [1.807, 2.05) is 60.5 Å². The van der Waals surface area contributed by atoms with Crippen LogP contribution in [-0.4, -0.2) is 63.5 Å². The Hall–Kier alpha value is -3.84. The van der Waals surface area contributed by atoms with E-state index in [-0.39, 0.29) is 36.9 Å². The van der Waals surface area contributed by atoms with Gasteiger partial charge in [-0.25, -0.2) is 5.48 Å². The summed E-state index contributed by atoms with van der Waals surface area (Å²) in [4.78, 5) is 25.3. The Bertz CT molecular complexity index is 1370. The van der Waals surface area contributed by atoms with Gasteiger partial charge >= 0.3 is 0 Å². The molecule has 2 amide bonds. The highest BCUT2D eigenvalue weighted by atomic mass is 16.7. The van der Waals surface area contributed by atoms with E-state index in [0.717, 1.165) is 22.3 Å². The van der Waals surface area contributed by atoms with E-state index >= 15 is 0 Å². The molecule has 11 nitrogen and oxygen atoms in total. The standard InChI is InChI=1S/C34H43N3O8/c1-37(21-30(40)27-5-4-6-28(39)17-27)20-29-18-31(25-13-11-24(22-38)12-14-25)45-34(44-29)26-15-9-23(10-16-26)19-35-32(41)7-2-3-8-33(42)36-43/h4-6,9-17,29-31,34,38-40,43H,2-3,7-8,18-22H2,1H3,(H,35,41)(H,36,42)/t29-,30+,31+,34+/m0/s1. The minimum absolute atomic E-state index is 0.0391. The van der Waals surface area contributed by atoms with Gasteiger partial charge in [0.15, 0.2) is 6.29 Å². The van der Waals surface area contributed by atoms with E-state index in [1.54, 1.807) is 29.7 Å². The van der Waals surface area contributed by atoms with Gasteiger partial charge < -0.3 is 35.0 Å². The fourth-order valence-corrected chi connectivity index (χ4v) is 5.30. The fourth-order valence-electron chi connectivity index (χ4n) is 5.30. The molecule has 0 radical (unpaired) electrons. The first-order valence-electron chi connectivity index (χ1n) is 15.2. The molecule has 0 aromatic heterocycles. The molecule has 1 aliphatic rings. The zero-order valence-electron chi connectivity index (χ0n) is 25.5. The fraction of sp³-hybridized carbons (Fsp3) is 0.412. The van der Waals surface area contributed by atoms with Crippen molar-refractivity contribution in [2.45, 2.75) is 69.9 Å². The van der Waals surface area contributed by atoms with Crippen LogP contribution in [0.25, 0.3) is 0 Å². The summed E-state index contributed by atoms with van der Waals surface area (Å²) in [6.45, 7) is 1.21. The number of nitrogens with one attached hydrogen (secondary N) is 2. The van der Waals surface area contributed by atoms with Crippen molar-refractivity contribution in [1.29, 1.82) is 0 Å². The highest BCUT2D eigenvalue weighted by Gasteiger charge is 2.33. The molecule has 0 aliphatic carbocycles. The van der Waals surface area contributed by atoms with Crippen LogP contribution in [0.5, 0.6) is 5.75 Å². The molecule has 1 saturated heterocycles. The molecule has 1 heterocycles. The minimum atomic E-state index is -0.777. The smallest absolute Gasteiger partial charge is 0.243 e. The van der Waals surface area contributed by atoms with E-state index in [4.69, 9.17) is 14.7 Å². The van der Waals surface area contributed by atoms with Gasteiger partial charge in [0, 0.05) is 44.5 Å². The number of benzene rings is 3. The van der Waals surface area contributed by atoms with E-state index in [9.17, 15) is 24.9 Å². The van der Waals surface area contributed by atoms with Gasteiger partial charge in [-0.1, -0.05) is 60.7 Å². The highest BCUT2D eigenvalue weighted by molar-refractivity contribution is 5.76. The van der Waals surface area contributed by atoms with Crippen molar-refractivity contribution in [3.8, 4) is 5.75 Å². The predicted molar refractivity (Wildman–Crippen MR) is 166 cm³/mol. The van der Waals surface area contributed by atoms with Crippen LogP contribution in [-0.2, 0) is 32.2 Å². The van der Waals surface area contributed by atoms with Gasteiger partial charge in [0.2, 0.25) is 11.8 Å². The molecular weight excluding hydrogens is 578 g/mol. The molecule has 4 rings (SSSR count). The number of aliphatic hydroxyl groups is 2. The predicted octanol–water partition coefficient (Wildman–Crippen LogP) is 3.78. The molecule has 0 bridgehead atoms. The van der Waals surface area contributed by atoms with Crippen LogP contribution >= 0.6 is 0 Å². The Labute approximate surface area is 263 Å². The molecule has 1 aliphatic heterocycles. The van der Waals surface area contributed by atoms with E-state index in [1.165, 1.54) is 0 Å². The van der Waals surface area contributed by atoms with Gasteiger partial charge in [0.1, 0.15) is 5.75 Å². The second-order valence-electron chi connectivity index (χ2n) is 11.4. The maximum absolute atomic E-state index is 12.2. The maximum atomic E-state index is 12.2. The number of aromatic hydroxyl groups is 1. The maximum Gasteiger partial charge on any atom is 0.243 e. The lowest BCUT2D eigenvalue weighted by Gasteiger charge is -2.38. The number of rotatable bonds is 15. The molecule has 6 N–H and O–H groups in total. The Morgan fingerprint density at radius 1 is 0.933 bits per heavy atom. The second-order valence-corrected chi connectivity index (χ2v) is 11.4. The van der Waals surface area contributed by atoms with Crippen molar-refractivity contribution < 1.29 is 39.6 Å². The first-order chi connectivity index (χ1) is 21.7. The van der Waals surface area contributed by atoms with Gasteiger partial charge in [-0.3, -0.25) is 14.8 Å². The summed E-state index contributed by atoms with van der Waals surface area (Å²) in [5, 5.41) is 41.4. The lowest BCUT2D eigenvalue weighted by atomic mass is 9.99. The van der Waals surface area contributed by atoms with Crippen molar-refractivity contribution in [2.24, 2.45) is 0 Å². The SMILES string of the molecule is CN(C[C@@H]1C[C@H](c2ccc(CO)cc2)O[C@H](c2ccc(CNC(=O)CCCCC(=O)NO)cc2)O1)C[C@@H](O)c1cccc(O)c1. The summed E-state index contributed by atoms with van der Waals surface area (Å²) in [5.74, 6) is -0.469. The molecule has 0 saturated carbocycles. The Balaban J connectivity index is 1.37. The number of hydrogen-bond acceptors (Lipinski definition) is 9. The summed E-state index contributed by atoms with van der Waals surface area (Å²) < 4.78 is 12.9. The number of ether oxygens (including phenoxy) is 2. The molecule has 3 aromatic rings. The normalized spacial score (nSPS) is 18.8. The quantitative estimate of drug-likeness (QED) is 0.0843. The lowest BCUT2D eigenvalue weighted by Crippen LogP contribution is -2.39. The molecule has 242 valence electrons. The van der Waals surface area contributed by atoms with Crippen LogP contribution in [0.15, 0.2) is 72.8 Å². The molecule has 0 spiro atoms. The number of carbonyl (C=O) groups is 2. The van der Waals surface area contributed by atoms with Gasteiger partial charge in [0.05, 0.1) is 24.9 Å². The third-order valence-corrected chi connectivity index (χ3v) is 7.79. The molecule has 45 heavy (non-hydrogen) atoms. The number of phenols is 1. The average Bonchev–Trinajstić information content (AvgIpc) is 3.05. The number of phenolic OH excluding ortho intramolecular Hbond substituents is 1. The molecule has 3 aromatic carbocycles. The Morgan fingerprint density at radius 2 is 1.60 bits per heavy atom. The first-order valence-corrected chi connectivity index (χ1v) is 15.2. The van der Waals surface area contributed by atoms with Crippen LogP contribution in [0.4, 0.5) is 0 Å². The second kappa shape index (κ2) is 17.0. The topological polar surface area (TPSA) is 161 Å². The van der Waals surface area contributed by atoms with Crippen molar-refractivity contribution >= 4 is 11.8 Å². The summed E-state index contributed by atoms with van der Waals surface area (Å²) in [6, 6.07) is 22.0. The number of carbonyl (C=O) groups excluding carboxylic acids is 2. The van der Waals surface area contributed by atoms with Crippen LogP contribution in [0.1, 0.15) is 78.4 Å². The van der Waals surface area contributed by atoms with E-state index in [2.05, 4.69) is 5.32 Å². The third kappa shape index (κ3) is 10.6. The number of unbranched alkanes of at least 4 members (excludes halogenated alkanes) is 1. The minimum Gasteiger partial charge on any atom is -0.508 e. The third-order valence-electron chi connectivity index (χ3n) is 7.79. The summed E-state index contributed by atoms with van der Waals surface area (Å²) >= 11 is 0. The van der Waals surface area contributed by atoms with E-state index in [0.29, 0.717) is 50.9 Å². The Kier molecular flexibility index (Phi) is 12.9. The number of nitrogens with zero attached hydrogens (tertiary/aromatic N) is 1. The molecule has 0 unspecified atom stereocenters. The van der Waals surface area contributed by atoms with Crippen LogP contribution in [0.3, 0.4) is 0 Å². The molecule has 1 fully saturated rings. The van der Waals surface area contributed by atoms with Crippen LogP contribution < -0.4 is 10.8 Å². The molecular formula is C34H43N3O8. The van der Waals surface area contributed by atoms with Crippen molar-refractivity contribution in [3.63, 3.8) is 0 Å².